The van der Waals surface area contributed by atoms with Crippen molar-refractivity contribution in [1.29, 1.82) is 0 Å². The van der Waals surface area contributed by atoms with Crippen LogP contribution in [0.1, 0.15) is 138 Å². The molecule has 1 rings (SSSR count). The zero-order valence-electron chi connectivity index (χ0n) is 28.3. The van der Waals surface area contributed by atoms with Gasteiger partial charge in [0.2, 0.25) is 0 Å². The molecular weight excluding hydrogens is 534 g/mol. The van der Waals surface area contributed by atoms with E-state index in [-0.39, 0.29) is 35.4 Å². The minimum atomic E-state index is -1.93. The van der Waals surface area contributed by atoms with Gasteiger partial charge >= 0.3 is 12.1 Å². The summed E-state index contributed by atoms with van der Waals surface area (Å²) in [5.74, 6) is -0.121. The van der Waals surface area contributed by atoms with Crippen molar-refractivity contribution in [1.82, 2.24) is 0 Å². The molecule has 0 aliphatic carbocycles. The van der Waals surface area contributed by atoms with Crippen LogP contribution in [0.5, 0.6) is 0 Å². The number of rotatable bonds is 23. The Labute approximate surface area is 254 Å². The molecule has 0 amide bonds. The van der Waals surface area contributed by atoms with E-state index in [1.807, 2.05) is 0 Å². The third-order valence-corrected chi connectivity index (χ3v) is 12.9. The van der Waals surface area contributed by atoms with Gasteiger partial charge in [-0.3, -0.25) is 4.79 Å². The number of hydrogen-bond acceptors (Lipinski definition) is 7. The van der Waals surface area contributed by atoms with Crippen LogP contribution in [0.3, 0.4) is 0 Å². The lowest BCUT2D eigenvalue weighted by atomic mass is 10.0. The van der Waals surface area contributed by atoms with E-state index in [1.54, 1.807) is 7.11 Å². The summed E-state index contributed by atoms with van der Waals surface area (Å²) in [5, 5.41) is 0.108. The first-order valence-electron chi connectivity index (χ1n) is 16.5. The number of unbranched alkanes of at least 4 members (excludes halogenated alkanes) is 11. The normalized spacial score (nSPS) is 16.7. The summed E-state index contributed by atoms with van der Waals surface area (Å²) in [6.07, 6.45) is 17.9. The second-order valence-corrected chi connectivity index (χ2v) is 18.8. The first-order valence-corrected chi connectivity index (χ1v) is 19.4. The van der Waals surface area contributed by atoms with Crippen molar-refractivity contribution in [3.63, 3.8) is 0 Å². The van der Waals surface area contributed by atoms with Gasteiger partial charge in [-0.1, -0.05) is 91.9 Å². The van der Waals surface area contributed by atoms with Gasteiger partial charge in [0.1, 0.15) is 25.4 Å². The van der Waals surface area contributed by atoms with Crippen molar-refractivity contribution in [3.05, 3.63) is 0 Å². The fourth-order valence-electron chi connectivity index (χ4n) is 4.66. The molecule has 1 heterocycles. The van der Waals surface area contributed by atoms with Gasteiger partial charge in [0.05, 0.1) is 12.1 Å². The second kappa shape index (κ2) is 19.9. The lowest BCUT2D eigenvalue weighted by molar-refractivity contribution is -0.147. The van der Waals surface area contributed by atoms with Gasteiger partial charge in [0, 0.05) is 13.5 Å². The van der Waals surface area contributed by atoms with Crippen LogP contribution < -0.4 is 0 Å². The summed E-state index contributed by atoms with van der Waals surface area (Å²) in [5.41, 5.74) is -0.153. The summed E-state index contributed by atoms with van der Waals surface area (Å²) < 4.78 is 28.8. The standard InChI is InChI=1S/C33H65NO6Si/c1-10-28(39-31-34-33(5,6)27-38-31)23-21-19-17-15-13-11-12-14-16-18-20-22-24-30(35)37-26-29(25-36-7)40-41(8,9)32(2,3)4/h28-29H,10-27H2,1-9H3/t28?,29-/m0/s1. The summed E-state index contributed by atoms with van der Waals surface area (Å²) in [4.78, 5) is 16.7. The fourth-order valence-corrected chi connectivity index (χ4v) is 5.98. The molecular formula is C33H65NO6Si. The molecule has 0 radical (unpaired) electrons. The topological polar surface area (TPSA) is 75.6 Å². The third kappa shape index (κ3) is 17.6. The summed E-state index contributed by atoms with van der Waals surface area (Å²) in [6.45, 7) is 18.7. The molecule has 0 bridgehead atoms. The molecule has 2 atom stereocenters. The van der Waals surface area contributed by atoms with Crippen molar-refractivity contribution in [2.45, 2.75) is 174 Å². The molecule has 1 unspecified atom stereocenters. The smallest absolute Gasteiger partial charge is 0.384 e. The van der Waals surface area contributed by atoms with Gasteiger partial charge in [0.25, 0.3) is 0 Å². The molecule has 0 aromatic heterocycles. The quantitative estimate of drug-likeness (QED) is 0.0663. The summed E-state index contributed by atoms with van der Waals surface area (Å²) in [7, 11) is -0.272. The number of carbonyl (C=O) groups excluding carboxylic acids is 1. The maximum Gasteiger partial charge on any atom is 0.384 e. The van der Waals surface area contributed by atoms with Gasteiger partial charge < -0.3 is 23.4 Å². The van der Waals surface area contributed by atoms with Crippen LogP contribution in [-0.2, 0) is 28.2 Å². The van der Waals surface area contributed by atoms with Crippen molar-refractivity contribution >= 4 is 20.4 Å². The van der Waals surface area contributed by atoms with E-state index in [2.05, 4.69) is 59.6 Å². The lowest BCUT2D eigenvalue weighted by Gasteiger charge is -2.38. The van der Waals surface area contributed by atoms with Gasteiger partial charge in [-0.15, -0.1) is 0 Å². The first-order chi connectivity index (χ1) is 19.3. The highest BCUT2D eigenvalue weighted by atomic mass is 28.4. The molecule has 0 fully saturated rings. The molecule has 0 aromatic carbocycles. The minimum Gasteiger partial charge on any atom is -0.463 e. The number of ether oxygens (including phenoxy) is 4. The maximum atomic E-state index is 12.2. The van der Waals surface area contributed by atoms with Gasteiger partial charge in [0.15, 0.2) is 8.32 Å². The third-order valence-electron chi connectivity index (χ3n) is 8.37. The van der Waals surface area contributed by atoms with Crippen LogP contribution in [0.4, 0.5) is 0 Å². The zero-order valence-corrected chi connectivity index (χ0v) is 29.3. The van der Waals surface area contributed by atoms with Gasteiger partial charge in [-0.05, 0) is 57.7 Å². The Hall–Kier alpha value is -1.12. The minimum absolute atomic E-state index is 0.108. The molecule has 8 heteroatoms. The van der Waals surface area contributed by atoms with Crippen LogP contribution in [0.2, 0.25) is 18.1 Å². The molecule has 0 aromatic rings. The number of carbonyl (C=O) groups is 1. The molecule has 0 spiro atoms. The highest BCUT2D eigenvalue weighted by Crippen LogP contribution is 2.37. The van der Waals surface area contributed by atoms with E-state index >= 15 is 0 Å². The number of nitrogens with zero attached hydrogens (tertiary/aromatic N) is 1. The van der Waals surface area contributed by atoms with Crippen molar-refractivity contribution in [2.24, 2.45) is 4.99 Å². The first kappa shape index (κ1) is 37.9. The highest BCUT2D eigenvalue weighted by molar-refractivity contribution is 6.74. The molecule has 1 aliphatic heterocycles. The molecule has 0 saturated heterocycles. The van der Waals surface area contributed by atoms with Crippen molar-refractivity contribution in [2.75, 3.05) is 26.9 Å². The van der Waals surface area contributed by atoms with E-state index in [0.717, 1.165) is 25.7 Å². The number of hydrogen-bond donors (Lipinski definition) is 0. The molecule has 0 saturated carbocycles. The molecule has 242 valence electrons. The van der Waals surface area contributed by atoms with Gasteiger partial charge in [-0.25, -0.2) is 4.99 Å². The van der Waals surface area contributed by atoms with Crippen LogP contribution in [-0.4, -0.2) is 65.0 Å². The Morgan fingerprint density at radius 2 is 1.44 bits per heavy atom. The van der Waals surface area contributed by atoms with Crippen LogP contribution in [0.25, 0.3) is 0 Å². The highest BCUT2D eigenvalue weighted by Gasteiger charge is 2.39. The predicted molar refractivity (Wildman–Crippen MR) is 172 cm³/mol. The average molecular weight is 600 g/mol. The Balaban J connectivity index is 1.97. The van der Waals surface area contributed by atoms with Crippen LogP contribution in [0.15, 0.2) is 4.99 Å². The van der Waals surface area contributed by atoms with Crippen LogP contribution in [0, 0.1) is 0 Å². The Kier molecular flexibility index (Phi) is 18.4. The van der Waals surface area contributed by atoms with Crippen molar-refractivity contribution in [3.8, 4) is 0 Å². The molecule has 7 nitrogen and oxygen atoms in total. The van der Waals surface area contributed by atoms with E-state index < -0.39 is 8.32 Å². The largest absolute Gasteiger partial charge is 0.463 e. The zero-order chi connectivity index (χ0) is 30.8. The second-order valence-electron chi connectivity index (χ2n) is 14.0. The number of esters is 1. The monoisotopic (exact) mass is 599 g/mol. The molecule has 41 heavy (non-hydrogen) atoms. The number of aliphatic imine (C=N–C) groups is 1. The van der Waals surface area contributed by atoms with E-state index in [0.29, 0.717) is 25.7 Å². The number of methoxy groups -OCH3 is 1. The van der Waals surface area contributed by atoms with E-state index in [9.17, 15) is 4.79 Å². The summed E-state index contributed by atoms with van der Waals surface area (Å²) >= 11 is 0. The Morgan fingerprint density at radius 3 is 1.90 bits per heavy atom. The Morgan fingerprint density at radius 1 is 0.902 bits per heavy atom. The van der Waals surface area contributed by atoms with Crippen LogP contribution >= 0.6 is 0 Å². The van der Waals surface area contributed by atoms with E-state index in [4.69, 9.17) is 23.4 Å². The SMILES string of the molecule is CCC(CCCCCCCCCCCCCCC(=O)OC[C@H](COC)O[Si](C)(C)C(C)(C)C)OC1=NC(C)(C)CO1. The predicted octanol–water partition coefficient (Wildman–Crippen LogP) is 8.99. The lowest BCUT2D eigenvalue weighted by Crippen LogP contribution is -2.46. The Bertz CT molecular complexity index is 734. The van der Waals surface area contributed by atoms with Gasteiger partial charge in [-0.2, -0.15) is 0 Å². The van der Waals surface area contributed by atoms with Crippen molar-refractivity contribution < 1.29 is 28.2 Å². The summed E-state index contributed by atoms with van der Waals surface area (Å²) in [6, 6.07) is 0. The maximum absolute atomic E-state index is 12.2. The fraction of sp³-hybridized carbons (Fsp3) is 0.939. The molecule has 0 N–H and O–H groups in total. The molecule has 1 aliphatic rings. The average Bonchev–Trinajstić information content (AvgIpc) is 3.23. The van der Waals surface area contributed by atoms with E-state index in [1.165, 1.54) is 64.2 Å².